The summed E-state index contributed by atoms with van der Waals surface area (Å²) in [5, 5.41) is 0. The number of rotatable bonds is 6. The number of benzene rings is 1. The molecular weight excluding hydrogens is 238 g/mol. The summed E-state index contributed by atoms with van der Waals surface area (Å²) in [6.45, 7) is 4.33. The average molecular weight is 263 g/mol. The van der Waals surface area contributed by atoms with Gasteiger partial charge in [0, 0.05) is 39.3 Å². The van der Waals surface area contributed by atoms with Crippen molar-refractivity contribution in [2.24, 2.45) is 5.73 Å². The molecule has 4 heteroatoms. The summed E-state index contributed by atoms with van der Waals surface area (Å²) in [5.74, 6) is 0. The SMILES string of the molecule is COCCN1Cc2ccc(CN(C)C)cc2C1CN. The van der Waals surface area contributed by atoms with Crippen molar-refractivity contribution >= 4 is 0 Å². The van der Waals surface area contributed by atoms with Crippen molar-refractivity contribution in [2.75, 3.05) is 40.9 Å². The van der Waals surface area contributed by atoms with Crippen LogP contribution in [0, 0.1) is 0 Å². The first-order valence-electron chi connectivity index (χ1n) is 6.85. The van der Waals surface area contributed by atoms with E-state index in [-0.39, 0.29) is 0 Å². The number of nitrogens with zero attached hydrogens (tertiary/aromatic N) is 2. The van der Waals surface area contributed by atoms with E-state index in [1.54, 1.807) is 7.11 Å². The van der Waals surface area contributed by atoms with Gasteiger partial charge in [0.05, 0.1) is 6.61 Å². The third kappa shape index (κ3) is 3.34. The van der Waals surface area contributed by atoms with E-state index in [1.165, 1.54) is 16.7 Å². The molecule has 0 amide bonds. The van der Waals surface area contributed by atoms with Gasteiger partial charge < -0.3 is 15.4 Å². The number of methoxy groups -OCH3 is 1. The van der Waals surface area contributed by atoms with Crippen LogP contribution < -0.4 is 5.73 Å². The van der Waals surface area contributed by atoms with Crippen LogP contribution in [-0.4, -0.2) is 50.7 Å². The lowest BCUT2D eigenvalue weighted by atomic mass is 10.0. The van der Waals surface area contributed by atoms with Gasteiger partial charge in [-0.3, -0.25) is 4.90 Å². The van der Waals surface area contributed by atoms with Gasteiger partial charge >= 0.3 is 0 Å². The van der Waals surface area contributed by atoms with E-state index in [4.69, 9.17) is 10.5 Å². The Morgan fingerprint density at radius 3 is 2.84 bits per heavy atom. The van der Waals surface area contributed by atoms with Crippen molar-refractivity contribution in [1.82, 2.24) is 9.80 Å². The molecule has 0 bridgehead atoms. The Bertz CT molecular complexity index is 420. The van der Waals surface area contributed by atoms with Crippen LogP contribution in [0.2, 0.25) is 0 Å². The first-order chi connectivity index (χ1) is 9.15. The van der Waals surface area contributed by atoms with E-state index in [0.29, 0.717) is 12.6 Å². The van der Waals surface area contributed by atoms with E-state index in [1.807, 2.05) is 0 Å². The van der Waals surface area contributed by atoms with Gasteiger partial charge in [-0.05, 0) is 30.8 Å². The van der Waals surface area contributed by atoms with Gasteiger partial charge in [-0.15, -0.1) is 0 Å². The van der Waals surface area contributed by atoms with Crippen molar-refractivity contribution in [1.29, 1.82) is 0 Å². The van der Waals surface area contributed by atoms with Gasteiger partial charge in [-0.2, -0.15) is 0 Å². The molecular formula is C15H25N3O. The normalized spacial score (nSPS) is 19.1. The summed E-state index contributed by atoms with van der Waals surface area (Å²) >= 11 is 0. The van der Waals surface area contributed by atoms with Crippen molar-refractivity contribution in [3.05, 3.63) is 34.9 Å². The van der Waals surface area contributed by atoms with Crippen LogP contribution in [0.4, 0.5) is 0 Å². The molecule has 1 atom stereocenters. The van der Waals surface area contributed by atoms with Crippen molar-refractivity contribution in [2.45, 2.75) is 19.1 Å². The highest BCUT2D eigenvalue weighted by molar-refractivity contribution is 5.38. The Balaban J connectivity index is 2.16. The molecule has 1 aliphatic heterocycles. The molecule has 1 unspecified atom stereocenters. The molecule has 0 fully saturated rings. The predicted molar refractivity (Wildman–Crippen MR) is 77.9 cm³/mol. The Labute approximate surface area is 116 Å². The molecule has 4 nitrogen and oxygen atoms in total. The first kappa shape index (κ1) is 14.5. The minimum Gasteiger partial charge on any atom is -0.383 e. The molecule has 1 aromatic carbocycles. The lowest BCUT2D eigenvalue weighted by Gasteiger charge is -2.23. The fourth-order valence-corrected chi connectivity index (χ4v) is 2.81. The largest absolute Gasteiger partial charge is 0.383 e. The van der Waals surface area contributed by atoms with E-state index in [0.717, 1.165) is 26.2 Å². The maximum Gasteiger partial charge on any atom is 0.0590 e. The van der Waals surface area contributed by atoms with Crippen molar-refractivity contribution in [3.8, 4) is 0 Å². The van der Waals surface area contributed by atoms with Crippen LogP contribution in [0.1, 0.15) is 22.7 Å². The number of ether oxygens (including phenoxy) is 1. The molecule has 0 spiro atoms. The van der Waals surface area contributed by atoms with Gasteiger partial charge in [0.2, 0.25) is 0 Å². The summed E-state index contributed by atoms with van der Waals surface area (Å²) < 4.78 is 5.18. The smallest absolute Gasteiger partial charge is 0.0590 e. The van der Waals surface area contributed by atoms with Crippen molar-refractivity contribution in [3.63, 3.8) is 0 Å². The summed E-state index contributed by atoms with van der Waals surface area (Å²) in [6.07, 6.45) is 0. The third-order valence-electron chi connectivity index (χ3n) is 3.69. The van der Waals surface area contributed by atoms with Gasteiger partial charge in [0.15, 0.2) is 0 Å². The summed E-state index contributed by atoms with van der Waals surface area (Å²) in [5.41, 5.74) is 10.1. The zero-order chi connectivity index (χ0) is 13.8. The predicted octanol–water partition coefficient (Wildman–Crippen LogP) is 1.21. The number of fused-ring (bicyclic) bond motifs is 1. The molecule has 106 valence electrons. The second-order valence-corrected chi connectivity index (χ2v) is 5.49. The quantitative estimate of drug-likeness (QED) is 0.837. The molecule has 0 saturated carbocycles. The van der Waals surface area contributed by atoms with Gasteiger partial charge in [-0.1, -0.05) is 18.2 Å². The number of hydrogen-bond acceptors (Lipinski definition) is 4. The Morgan fingerprint density at radius 2 is 2.21 bits per heavy atom. The van der Waals surface area contributed by atoms with E-state index in [9.17, 15) is 0 Å². The molecule has 1 aromatic rings. The monoisotopic (exact) mass is 263 g/mol. The minimum atomic E-state index is 0.340. The van der Waals surface area contributed by atoms with Crippen LogP contribution in [0.25, 0.3) is 0 Å². The Morgan fingerprint density at radius 1 is 1.42 bits per heavy atom. The Kier molecular flexibility index (Phi) is 4.93. The molecule has 1 aliphatic rings. The maximum atomic E-state index is 5.97. The highest BCUT2D eigenvalue weighted by Crippen LogP contribution is 2.33. The molecule has 19 heavy (non-hydrogen) atoms. The summed E-state index contributed by atoms with van der Waals surface area (Å²) in [4.78, 5) is 4.60. The van der Waals surface area contributed by atoms with Crippen LogP contribution in [-0.2, 0) is 17.8 Å². The van der Waals surface area contributed by atoms with Crippen LogP contribution in [0.5, 0.6) is 0 Å². The van der Waals surface area contributed by atoms with E-state index >= 15 is 0 Å². The molecule has 0 saturated heterocycles. The number of hydrogen-bond donors (Lipinski definition) is 1. The molecule has 0 aromatic heterocycles. The number of nitrogens with two attached hydrogens (primary N) is 1. The molecule has 2 N–H and O–H groups in total. The fraction of sp³-hybridized carbons (Fsp3) is 0.600. The van der Waals surface area contributed by atoms with Crippen molar-refractivity contribution < 1.29 is 4.74 Å². The van der Waals surface area contributed by atoms with Gasteiger partial charge in [-0.25, -0.2) is 0 Å². The van der Waals surface area contributed by atoms with Crippen LogP contribution in [0.15, 0.2) is 18.2 Å². The second-order valence-electron chi connectivity index (χ2n) is 5.49. The summed E-state index contributed by atoms with van der Waals surface area (Å²) in [6, 6.07) is 7.14. The second kappa shape index (κ2) is 6.48. The zero-order valence-electron chi connectivity index (χ0n) is 12.2. The van der Waals surface area contributed by atoms with E-state index in [2.05, 4.69) is 42.1 Å². The maximum absolute atomic E-state index is 5.97. The van der Waals surface area contributed by atoms with Gasteiger partial charge in [0.25, 0.3) is 0 Å². The minimum absolute atomic E-state index is 0.340. The third-order valence-corrected chi connectivity index (χ3v) is 3.69. The average Bonchev–Trinajstić information content (AvgIpc) is 2.72. The van der Waals surface area contributed by atoms with Crippen LogP contribution in [0.3, 0.4) is 0 Å². The van der Waals surface area contributed by atoms with Crippen LogP contribution >= 0.6 is 0 Å². The molecule has 0 aliphatic carbocycles. The van der Waals surface area contributed by atoms with E-state index < -0.39 is 0 Å². The summed E-state index contributed by atoms with van der Waals surface area (Å²) in [7, 11) is 5.94. The highest BCUT2D eigenvalue weighted by Gasteiger charge is 2.28. The Hall–Kier alpha value is -0.940. The standard InChI is InChI=1S/C15H25N3O/c1-17(2)10-12-4-5-13-11-18(6-7-19-3)15(9-16)14(13)8-12/h4-5,8,15H,6-7,9-11,16H2,1-3H3. The molecule has 1 heterocycles. The molecule has 0 radical (unpaired) electrons. The first-order valence-corrected chi connectivity index (χ1v) is 6.85. The lowest BCUT2D eigenvalue weighted by molar-refractivity contribution is 0.128. The fourth-order valence-electron chi connectivity index (χ4n) is 2.81. The topological polar surface area (TPSA) is 41.7 Å². The highest BCUT2D eigenvalue weighted by atomic mass is 16.5. The zero-order valence-corrected chi connectivity index (χ0v) is 12.2. The lowest BCUT2D eigenvalue weighted by Crippen LogP contribution is -2.30. The molecule has 2 rings (SSSR count). The van der Waals surface area contributed by atoms with Gasteiger partial charge in [0.1, 0.15) is 0 Å².